The van der Waals surface area contributed by atoms with Gasteiger partial charge in [-0.05, 0) is 38.5 Å². The average Bonchev–Trinajstić information content (AvgIpc) is 2.36. The summed E-state index contributed by atoms with van der Waals surface area (Å²) >= 11 is 0. The Kier molecular flexibility index (Phi) is 4.36. The van der Waals surface area contributed by atoms with Crippen molar-refractivity contribution in [2.24, 2.45) is 5.14 Å². The van der Waals surface area contributed by atoms with Crippen LogP contribution in [0.3, 0.4) is 0 Å². The Balaban J connectivity index is 2.32. The topological polar surface area (TPSA) is 92.5 Å². The fraction of sp³-hybridized carbons (Fsp3) is 0.500. The Labute approximate surface area is 125 Å². The third kappa shape index (κ3) is 3.61. The van der Waals surface area contributed by atoms with Crippen LogP contribution in [0.5, 0.6) is 0 Å². The number of benzene rings is 1. The Hall–Kier alpha value is -1.44. The van der Waals surface area contributed by atoms with E-state index in [0.29, 0.717) is 24.2 Å². The molecule has 0 aliphatic carbocycles. The van der Waals surface area contributed by atoms with Gasteiger partial charge < -0.3 is 10.2 Å². The number of primary sulfonamides is 1. The molecule has 116 valence electrons. The normalized spacial score (nSPS) is 23.1. The van der Waals surface area contributed by atoms with Gasteiger partial charge in [0.2, 0.25) is 10.0 Å². The summed E-state index contributed by atoms with van der Waals surface area (Å²) in [5, 5.41) is 8.54. The standard InChI is InChI=1S/C14H21N3O3S/c1-9-4-5-12(6-13(9)21(15,19)20)14(18)17-7-10(2)16-11(3)8-17/h4-6,10-11,16H,7-8H2,1-3H3,(H2,15,19,20)/t10-,11+. The van der Waals surface area contributed by atoms with Crippen LogP contribution in [0.1, 0.15) is 29.8 Å². The van der Waals surface area contributed by atoms with Gasteiger partial charge in [0, 0.05) is 30.7 Å². The Morgan fingerprint density at radius 1 is 1.29 bits per heavy atom. The van der Waals surface area contributed by atoms with Crippen LogP contribution in [0.25, 0.3) is 0 Å². The minimum atomic E-state index is -3.82. The molecular weight excluding hydrogens is 290 g/mol. The second kappa shape index (κ2) is 5.75. The van der Waals surface area contributed by atoms with Crippen molar-refractivity contribution in [3.63, 3.8) is 0 Å². The number of nitrogens with zero attached hydrogens (tertiary/aromatic N) is 1. The van der Waals surface area contributed by atoms with E-state index in [2.05, 4.69) is 5.32 Å². The van der Waals surface area contributed by atoms with Gasteiger partial charge in [0.1, 0.15) is 0 Å². The number of hydrogen-bond acceptors (Lipinski definition) is 4. The summed E-state index contributed by atoms with van der Waals surface area (Å²) in [5.41, 5.74) is 0.891. The van der Waals surface area contributed by atoms with Crippen LogP contribution in [0, 0.1) is 6.92 Å². The molecule has 7 heteroatoms. The van der Waals surface area contributed by atoms with E-state index in [1.807, 2.05) is 13.8 Å². The SMILES string of the molecule is Cc1ccc(C(=O)N2C[C@@H](C)N[C@@H](C)C2)cc1S(N)(=O)=O. The molecule has 6 nitrogen and oxygen atoms in total. The highest BCUT2D eigenvalue weighted by Gasteiger charge is 2.26. The zero-order chi connectivity index (χ0) is 15.8. The van der Waals surface area contributed by atoms with Gasteiger partial charge in [0.05, 0.1) is 4.90 Å². The molecule has 1 aliphatic rings. The lowest BCUT2D eigenvalue weighted by Gasteiger charge is -2.36. The first-order chi connectivity index (χ1) is 9.68. The van der Waals surface area contributed by atoms with E-state index in [1.165, 1.54) is 6.07 Å². The fourth-order valence-electron chi connectivity index (χ4n) is 2.71. The van der Waals surface area contributed by atoms with E-state index in [9.17, 15) is 13.2 Å². The second-order valence-corrected chi connectivity index (χ2v) is 7.23. The van der Waals surface area contributed by atoms with Gasteiger partial charge in [-0.15, -0.1) is 0 Å². The number of amides is 1. The van der Waals surface area contributed by atoms with Gasteiger partial charge in [-0.2, -0.15) is 0 Å². The molecule has 1 aromatic carbocycles. The van der Waals surface area contributed by atoms with Gasteiger partial charge in [-0.25, -0.2) is 13.6 Å². The number of carbonyl (C=O) groups excluding carboxylic acids is 1. The van der Waals surface area contributed by atoms with E-state index in [-0.39, 0.29) is 22.9 Å². The van der Waals surface area contributed by atoms with Gasteiger partial charge in [-0.1, -0.05) is 6.07 Å². The molecule has 1 aliphatic heterocycles. The molecular formula is C14H21N3O3S. The van der Waals surface area contributed by atoms with Crippen LogP contribution in [0.4, 0.5) is 0 Å². The molecule has 1 heterocycles. The summed E-state index contributed by atoms with van der Waals surface area (Å²) in [4.78, 5) is 14.3. The van der Waals surface area contributed by atoms with Crippen molar-refractivity contribution in [1.29, 1.82) is 0 Å². The van der Waals surface area contributed by atoms with Gasteiger partial charge in [-0.3, -0.25) is 4.79 Å². The van der Waals surface area contributed by atoms with Crippen molar-refractivity contribution >= 4 is 15.9 Å². The van der Waals surface area contributed by atoms with Gasteiger partial charge in [0.15, 0.2) is 0 Å². The summed E-state index contributed by atoms with van der Waals surface area (Å²) in [7, 11) is -3.82. The number of piperazine rings is 1. The third-order valence-electron chi connectivity index (χ3n) is 3.59. The number of carbonyl (C=O) groups is 1. The van der Waals surface area contributed by atoms with E-state index in [0.717, 1.165) is 0 Å². The first-order valence-electron chi connectivity index (χ1n) is 6.87. The minimum Gasteiger partial charge on any atom is -0.336 e. The predicted molar refractivity (Wildman–Crippen MR) is 80.5 cm³/mol. The fourth-order valence-corrected chi connectivity index (χ4v) is 3.52. The quantitative estimate of drug-likeness (QED) is 0.830. The summed E-state index contributed by atoms with van der Waals surface area (Å²) in [6.07, 6.45) is 0. The van der Waals surface area contributed by atoms with Gasteiger partial charge in [0.25, 0.3) is 5.91 Å². The summed E-state index contributed by atoms with van der Waals surface area (Å²) in [5.74, 6) is -0.167. The largest absolute Gasteiger partial charge is 0.336 e. The maximum Gasteiger partial charge on any atom is 0.254 e. The number of aryl methyl sites for hydroxylation is 1. The van der Waals surface area contributed by atoms with Crippen molar-refractivity contribution < 1.29 is 13.2 Å². The van der Waals surface area contributed by atoms with Crippen molar-refractivity contribution in [2.45, 2.75) is 37.8 Å². The van der Waals surface area contributed by atoms with Crippen molar-refractivity contribution in [1.82, 2.24) is 10.2 Å². The maximum absolute atomic E-state index is 12.5. The molecule has 0 aromatic heterocycles. The molecule has 21 heavy (non-hydrogen) atoms. The first kappa shape index (κ1) is 15.9. The molecule has 0 unspecified atom stereocenters. The molecule has 1 saturated heterocycles. The molecule has 0 spiro atoms. The van der Waals surface area contributed by atoms with Gasteiger partial charge >= 0.3 is 0 Å². The second-order valence-electron chi connectivity index (χ2n) is 5.70. The summed E-state index contributed by atoms with van der Waals surface area (Å²) in [6, 6.07) is 5.04. The maximum atomic E-state index is 12.5. The minimum absolute atomic E-state index is 0.00424. The Morgan fingerprint density at radius 3 is 2.38 bits per heavy atom. The number of nitrogens with one attached hydrogen (secondary N) is 1. The first-order valence-corrected chi connectivity index (χ1v) is 8.42. The smallest absolute Gasteiger partial charge is 0.254 e. The van der Waals surface area contributed by atoms with Crippen LogP contribution in [-0.2, 0) is 10.0 Å². The predicted octanol–water partition coefficient (Wildman–Crippen LogP) is 0.465. The van der Waals surface area contributed by atoms with Crippen molar-refractivity contribution in [2.75, 3.05) is 13.1 Å². The lowest BCUT2D eigenvalue weighted by Crippen LogP contribution is -2.55. The third-order valence-corrected chi connectivity index (χ3v) is 4.64. The van der Waals surface area contributed by atoms with Crippen LogP contribution >= 0.6 is 0 Å². The highest BCUT2D eigenvalue weighted by atomic mass is 32.2. The molecule has 2 rings (SSSR count). The van der Waals surface area contributed by atoms with E-state index in [4.69, 9.17) is 5.14 Å². The lowest BCUT2D eigenvalue weighted by molar-refractivity contribution is 0.0673. The lowest BCUT2D eigenvalue weighted by atomic mass is 10.1. The summed E-state index contributed by atoms with van der Waals surface area (Å²) in [6.45, 7) is 6.88. The average molecular weight is 311 g/mol. The molecule has 1 amide bonds. The molecule has 0 bridgehead atoms. The number of sulfonamides is 1. The van der Waals surface area contributed by atoms with E-state index >= 15 is 0 Å². The Morgan fingerprint density at radius 2 is 1.86 bits per heavy atom. The van der Waals surface area contributed by atoms with Crippen molar-refractivity contribution in [3.05, 3.63) is 29.3 Å². The zero-order valence-electron chi connectivity index (χ0n) is 12.5. The molecule has 1 fully saturated rings. The Bertz CT molecular complexity index is 647. The highest BCUT2D eigenvalue weighted by Crippen LogP contribution is 2.18. The highest BCUT2D eigenvalue weighted by molar-refractivity contribution is 7.89. The molecule has 0 saturated carbocycles. The molecule has 2 atom stereocenters. The molecule has 0 radical (unpaired) electrons. The van der Waals surface area contributed by atoms with E-state index in [1.54, 1.807) is 24.0 Å². The van der Waals surface area contributed by atoms with E-state index < -0.39 is 10.0 Å². The number of nitrogens with two attached hydrogens (primary N) is 1. The number of hydrogen-bond donors (Lipinski definition) is 2. The van der Waals surface area contributed by atoms with Crippen molar-refractivity contribution in [3.8, 4) is 0 Å². The van der Waals surface area contributed by atoms with Crippen LogP contribution in [0.15, 0.2) is 23.1 Å². The number of rotatable bonds is 2. The van der Waals surface area contributed by atoms with Crippen LogP contribution in [0.2, 0.25) is 0 Å². The van der Waals surface area contributed by atoms with Crippen LogP contribution < -0.4 is 10.5 Å². The summed E-state index contributed by atoms with van der Waals surface area (Å²) < 4.78 is 23.1. The molecule has 3 N–H and O–H groups in total. The zero-order valence-corrected chi connectivity index (χ0v) is 13.3. The van der Waals surface area contributed by atoms with Crippen LogP contribution in [-0.4, -0.2) is 44.4 Å². The molecule has 1 aromatic rings. The monoisotopic (exact) mass is 311 g/mol.